The Kier molecular flexibility index (Phi) is 4.29. The molecule has 6 nitrogen and oxygen atoms in total. The Morgan fingerprint density at radius 1 is 1.23 bits per heavy atom. The molecule has 1 heterocycles. The van der Waals surface area contributed by atoms with E-state index in [9.17, 15) is 9.59 Å². The zero-order chi connectivity index (χ0) is 15.5. The maximum absolute atomic E-state index is 11.9. The number of alkyl carbamates (subject to hydrolysis) is 1. The Labute approximate surface area is 128 Å². The van der Waals surface area contributed by atoms with Crippen LogP contribution in [0.3, 0.4) is 0 Å². The molecule has 2 fully saturated rings. The molecule has 118 valence electrons. The molecule has 3 rings (SSSR count). The lowest BCUT2D eigenvalue weighted by Crippen LogP contribution is -2.47. The van der Waals surface area contributed by atoms with Gasteiger partial charge in [-0.25, -0.2) is 4.79 Å². The molecule has 1 aliphatic carbocycles. The van der Waals surface area contributed by atoms with E-state index in [1.54, 1.807) is 0 Å². The van der Waals surface area contributed by atoms with Crippen molar-refractivity contribution >= 4 is 12.1 Å². The van der Waals surface area contributed by atoms with Crippen LogP contribution in [-0.4, -0.2) is 37.4 Å². The van der Waals surface area contributed by atoms with Crippen LogP contribution in [0.4, 0.5) is 4.79 Å². The highest BCUT2D eigenvalue weighted by Gasteiger charge is 2.51. The maximum Gasteiger partial charge on any atom is 0.407 e. The molecular weight excluding hydrogens is 286 g/mol. The molecule has 1 saturated heterocycles. The van der Waals surface area contributed by atoms with Gasteiger partial charge in [-0.05, 0) is 18.4 Å². The van der Waals surface area contributed by atoms with Crippen LogP contribution in [0.1, 0.15) is 18.4 Å². The lowest BCUT2D eigenvalue weighted by molar-refractivity contribution is -0.147. The summed E-state index contributed by atoms with van der Waals surface area (Å²) in [4.78, 5) is 23.8. The normalized spacial score (nSPS) is 29.1. The Morgan fingerprint density at radius 3 is 2.68 bits per heavy atom. The lowest BCUT2D eigenvalue weighted by Gasteiger charge is -2.27. The highest BCUT2D eigenvalue weighted by atomic mass is 16.6. The fourth-order valence-electron chi connectivity index (χ4n) is 2.91. The first-order valence-electron chi connectivity index (χ1n) is 7.38. The molecule has 22 heavy (non-hydrogen) atoms. The van der Waals surface area contributed by atoms with Crippen LogP contribution in [0.5, 0.6) is 0 Å². The topological polar surface area (TPSA) is 77.2 Å². The average Bonchev–Trinajstić information content (AvgIpc) is 3.30. The number of epoxide rings is 1. The summed E-state index contributed by atoms with van der Waals surface area (Å²) in [5.74, 6) is -0.694. The number of benzene rings is 1. The van der Waals surface area contributed by atoms with Crippen molar-refractivity contribution in [2.24, 2.45) is 5.92 Å². The van der Waals surface area contributed by atoms with Gasteiger partial charge < -0.3 is 19.5 Å². The van der Waals surface area contributed by atoms with Crippen molar-refractivity contribution in [2.75, 3.05) is 7.11 Å². The summed E-state index contributed by atoms with van der Waals surface area (Å²) < 4.78 is 15.5. The second-order valence-corrected chi connectivity index (χ2v) is 5.63. The van der Waals surface area contributed by atoms with Gasteiger partial charge in [0, 0.05) is 6.04 Å². The molecule has 1 aliphatic heterocycles. The SMILES string of the molecule is COC(=O)[C@H]1C[C@H]2O[C@H]2C[C@H]1NC(=O)OCc1ccccc1. The fourth-order valence-corrected chi connectivity index (χ4v) is 2.91. The van der Waals surface area contributed by atoms with Crippen LogP contribution in [0.25, 0.3) is 0 Å². The van der Waals surface area contributed by atoms with Crippen LogP contribution in [-0.2, 0) is 25.6 Å². The van der Waals surface area contributed by atoms with E-state index in [1.165, 1.54) is 7.11 Å². The van der Waals surface area contributed by atoms with E-state index in [-0.39, 0.29) is 36.7 Å². The summed E-state index contributed by atoms with van der Waals surface area (Å²) in [6.07, 6.45) is 0.941. The Hall–Kier alpha value is -2.08. The van der Waals surface area contributed by atoms with Crippen molar-refractivity contribution in [3.05, 3.63) is 35.9 Å². The summed E-state index contributed by atoms with van der Waals surface area (Å²) >= 11 is 0. The molecule has 6 heteroatoms. The van der Waals surface area contributed by atoms with E-state index in [1.807, 2.05) is 30.3 Å². The van der Waals surface area contributed by atoms with Gasteiger partial charge in [-0.1, -0.05) is 30.3 Å². The number of amides is 1. The highest BCUT2D eigenvalue weighted by Crippen LogP contribution is 2.40. The third-order valence-electron chi connectivity index (χ3n) is 4.17. The van der Waals surface area contributed by atoms with Gasteiger partial charge in [-0.3, -0.25) is 4.79 Å². The van der Waals surface area contributed by atoms with E-state index in [0.717, 1.165) is 5.56 Å². The van der Waals surface area contributed by atoms with Crippen molar-refractivity contribution in [1.82, 2.24) is 5.32 Å². The largest absolute Gasteiger partial charge is 0.469 e. The first kappa shape index (κ1) is 14.8. The summed E-state index contributed by atoms with van der Waals surface area (Å²) in [6.45, 7) is 0.199. The molecule has 0 bridgehead atoms. The molecule has 2 aliphatic rings. The quantitative estimate of drug-likeness (QED) is 0.676. The smallest absolute Gasteiger partial charge is 0.407 e. The zero-order valence-corrected chi connectivity index (χ0v) is 12.4. The molecule has 1 aromatic rings. The van der Waals surface area contributed by atoms with E-state index in [4.69, 9.17) is 14.2 Å². The van der Waals surface area contributed by atoms with E-state index < -0.39 is 6.09 Å². The molecule has 0 aromatic heterocycles. The molecule has 1 N–H and O–H groups in total. The van der Waals surface area contributed by atoms with Gasteiger partial charge in [0.1, 0.15) is 6.61 Å². The van der Waals surface area contributed by atoms with E-state index >= 15 is 0 Å². The third-order valence-corrected chi connectivity index (χ3v) is 4.17. The van der Waals surface area contributed by atoms with E-state index in [0.29, 0.717) is 12.8 Å². The monoisotopic (exact) mass is 305 g/mol. The number of hydrogen-bond acceptors (Lipinski definition) is 5. The molecule has 0 spiro atoms. The minimum Gasteiger partial charge on any atom is -0.469 e. The van der Waals surface area contributed by atoms with Gasteiger partial charge in [0.25, 0.3) is 0 Å². The number of methoxy groups -OCH3 is 1. The summed E-state index contributed by atoms with van der Waals surface area (Å²) in [7, 11) is 1.35. The molecule has 1 saturated carbocycles. The van der Waals surface area contributed by atoms with Crippen molar-refractivity contribution in [1.29, 1.82) is 0 Å². The second kappa shape index (κ2) is 6.36. The summed E-state index contributed by atoms with van der Waals surface area (Å²) in [5.41, 5.74) is 0.913. The van der Waals surface area contributed by atoms with Crippen molar-refractivity contribution in [3.8, 4) is 0 Å². The van der Waals surface area contributed by atoms with Gasteiger partial charge in [-0.2, -0.15) is 0 Å². The number of rotatable bonds is 4. The number of ether oxygens (including phenoxy) is 3. The van der Waals surface area contributed by atoms with Gasteiger partial charge in [-0.15, -0.1) is 0 Å². The first-order valence-corrected chi connectivity index (χ1v) is 7.38. The standard InChI is InChI=1S/C16H19NO5/c1-20-15(18)11-7-13-14(22-13)8-12(11)17-16(19)21-9-10-5-3-2-4-6-10/h2-6,11-14H,7-9H2,1H3,(H,17,19)/t11-,12+,13+,14-/m0/s1. The number of esters is 1. The van der Waals surface area contributed by atoms with Crippen molar-refractivity contribution in [3.63, 3.8) is 0 Å². The predicted molar refractivity (Wildman–Crippen MR) is 77.0 cm³/mol. The minimum absolute atomic E-state index is 0.127. The maximum atomic E-state index is 11.9. The number of hydrogen-bond donors (Lipinski definition) is 1. The molecule has 1 aromatic carbocycles. The molecule has 1 amide bonds. The Bertz CT molecular complexity index is 547. The van der Waals surface area contributed by atoms with Gasteiger partial charge >= 0.3 is 12.1 Å². The predicted octanol–water partition coefficient (Wildman–Crippen LogP) is 1.63. The molecule has 0 radical (unpaired) electrons. The van der Waals surface area contributed by atoms with E-state index in [2.05, 4.69) is 5.32 Å². The lowest BCUT2D eigenvalue weighted by atomic mass is 9.84. The fraction of sp³-hybridized carbons (Fsp3) is 0.500. The van der Waals surface area contributed by atoms with Crippen LogP contribution in [0.15, 0.2) is 30.3 Å². The van der Waals surface area contributed by atoms with Crippen LogP contribution in [0, 0.1) is 5.92 Å². The first-order chi connectivity index (χ1) is 10.7. The van der Waals surface area contributed by atoms with Crippen LogP contribution >= 0.6 is 0 Å². The van der Waals surface area contributed by atoms with Gasteiger partial charge in [0.2, 0.25) is 0 Å². The zero-order valence-electron chi connectivity index (χ0n) is 12.4. The highest BCUT2D eigenvalue weighted by molar-refractivity contribution is 5.75. The van der Waals surface area contributed by atoms with Gasteiger partial charge in [0.15, 0.2) is 0 Å². The number of fused-ring (bicyclic) bond motifs is 1. The molecule has 0 unspecified atom stereocenters. The number of carbonyl (C=O) groups is 2. The number of nitrogens with one attached hydrogen (secondary N) is 1. The average molecular weight is 305 g/mol. The minimum atomic E-state index is -0.526. The Morgan fingerprint density at radius 2 is 1.95 bits per heavy atom. The van der Waals surface area contributed by atoms with Crippen molar-refractivity contribution in [2.45, 2.75) is 37.7 Å². The summed E-state index contributed by atoms with van der Waals surface area (Å²) in [6, 6.07) is 9.13. The van der Waals surface area contributed by atoms with Crippen LogP contribution < -0.4 is 5.32 Å². The molecular formula is C16H19NO5. The Balaban J connectivity index is 1.53. The number of carbonyl (C=O) groups excluding carboxylic acids is 2. The van der Waals surface area contributed by atoms with Crippen LogP contribution in [0.2, 0.25) is 0 Å². The summed E-state index contributed by atoms with van der Waals surface area (Å²) in [5, 5.41) is 2.77. The third kappa shape index (κ3) is 3.39. The van der Waals surface area contributed by atoms with Gasteiger partial charge in [0.05, 0.1) is 25.2 Å². The molecule has 4 atom stereocenters. The second-order valence-electron chi connectivity index (χ2n) is 5.63. The van der Waals surface area contributed by atoms with Crippen molar-refractivity contribution < 1.29 is 23.8 Å².